The summed E-state index contributed by atoms with van der Waals surface area (Å²) in [5, 5.41) is 8.72. The average molecular weight is 697 g/mol. The Labute approximate surface area is 243 Å². The third-order valence-electron chi connectivity index (χ3n) is 4.43. The summed E-state index contributed by atoms with van der Waals surface area (Å²) >= 11 is 9.81. The van der Waals surface area contributed by atoms with E-state index in [1.807, 2.05) is 86.6 Å². The molecular weight excluding hydrogens is 668 g/mol. The van der Waals surface area contributed by atoms with Crippen LogP contribution < -0.4 is 14.2 Å². The van der Waals surface area contributed by atoms with E-state index in [-0.39, 0.29) is 6.61 Å². The molecule has 2 aromatic carbocycles. The SMILES string of the molecule is Brc1ccc(Br)nc1.CCOc1ccc(CO)cc1.CCOc1ccc(COc2ccc(Br)cn2)cc1. The molecule has 0 aliphatic heterocycles. The van der Waals surface area contributed by atoms with Gasteiger partial charge in [0.25, 0.3) is 0 Å². The van der Waals surface area contributed by atoms with Crippen molar-refractivity contribution in [3.63, 3.8) is 0 Å². The summed E-state index contributed by atoms with van der Waals surface area (Å²) in [5.41, 5.74) is 2.00. The first-order chi connectivity index (χ1) is 17.9. The zero-order valence-electron chi connectivity index (χ0n) is 20.6. The molecule has 37 heavy (non-hydrogen) atoms. The third kappa shape index (κ3) is 13.1. The molecule has 2 heterocycles. The summed E-state index contributed by atoms with van der Waals surface area (Å²) in [6.07, 6.45) is 3.46. The molecule has 0 fully saturated rings. The lowest BCUT2D eigenvalue weighted by molar-refractivity contribution is 0.281. The molecule has 2 aromatic heterocycles. The van der Waals surface area contributed by atoms with E-state index in [2.05, 4.69) is 57.8 Å². The minimum absolute atomic E-state index is 0.0897. The molecule has 0 aliphatic carbocycles. The van der Waals surface area contributed by atoms with E-state index in [1.165, 1.54) is 0 Å². The predicted molar refractivity (Wildman–Crippen MR) is 157 cm³/mol. The zero-order chi connectivity index (χ0) is 26.9. The standard InChI is InChI=1S/C14H14BrNO2.C9H12O2.C5H3Br2N/c1-2-17-13-6-3-11(4-7-13)10-18-14-8-5-12(15)9-16-14;1-2-11-9-5-3-8(7-10)4-6-9;6-4-1-2-5(7)8-3-4/h3-9H,2,10H2,1H3;3-6,10H,2,7H2,1H3;1-3H. The molecule has 0 amide bonds. The highest BCUT2D eigenvalue weighted by Crippen LogP contribution is 2.16. The van der Waals surface area contributed by atoms with Gasteiger partial charge in [-0.2, -0.15) is 0 Å². The minimum Gasteiger partial charge on any atom is -0.494 e. The van der Waals surface area contributed by atoms with E-state index in [4.69, 9.17) is 19.3 Å². The Morgan fingerprint density at radius 1 is 0.622 bits per heavy atom. The van der Waals surface area contributed by atoms with Gasteiger partial charge in [-0.25, -0.2) is 9.97 Å². The minimum atomic E-state index is 0.0897. The maximum absolute atomic E-state index is 8.72. The summed E-state index contributed by atoms with van der Waals surface area (Å²) in [6, 6.07) is 22.8. The lowest BCUT2D eigenvalue weighted by atomic mass is 10.2. The van der Waals surface area contributed by atoms with Crippen molar-refractivity contribution in [1.29, 1.82) is 0 Å². The normalized spacial score (nSPS) is 9.78. The van der Waals surface area contributed by atoms with Gasteiger partial charge in [0.05, 0.1) is 19.8 Å². The van der Waals surface area contributed by atoms with Crippen molar-refractivity contribution in [1.82, 2.24) is 9.97 Å². The zero-order valence-corrected chi connectivity index (χ0v) is 25.4. The van der Waals surface area contributed by atoms with Crippen LogP contribution >= 0.6 is 47.8 Å². The molecule has 0 radical (unpaired) electrons. The first-order valence-electron chi connectivity index (χ1n) is 11.5. The van der Waals surface area contributed by atoms with E-state index in [0.29, 0.717) is 25.7 Å². The van der Waals surface area contributed by atoms with Crippen molar-refractivity contribution >= 4 is 47.8 Å². The quantitative estimate of drug-likeness (QED) is 0.188. The molecule has 4 aromatic rings. The smallest absolute Gasteiger partial charge is 0.213 e. The van der Waals surface area contributed by atoms with Crippen molar-refractivity contribution in [3.05, 3.63) is 110 Å². The fraction of sp³-hybridized carbons (Fsp3) is 0.214. The number of pyridine rings is 2. The highest BCUT2D eigenvalue weighted by Gasteiger charge is 1.98. The van der Waals surface area contributed by atoms with Crippen molar-refractivity contribution in [2.24, 2.45) is 0 Å². The number of hydrogen-bond acceptors (Lipinski definition) is 6. The number of halogens is 3. The molecule has 9 heteroatoms. The number of aromatic nitrogens is 2. The second kappa shape index (κ2) is 17.9. The van der Waals surface area contributed by atoms with E-state index in [1.54, 1.807) is 12.4 Å². The third-order valence-corrected chi connectivity index (χ3v) is 5.84. The highest BCUT2D eigenvalue weighted by molar-refractivity contribution is 9.11. The molecule has 0 unspecified atom stereocenters. The van der Waals surface area contributed by atoms with Crippen LogP contribution in [0.3, 0.4) is 0 Å². The molecule has 1 N–H and O–H groups in total. The summed E-state index contributed by atoms with van der Waals surface area (Å²) in [6.45, 7) is 5.86. The molecule has 196 valence electrons. The molecule has 4 rings (SSSR count). The van der Waals surface area contributed by atoms with E-state index >= 15 is 0 Å². The van der Waals surface area contributed by atoms with Gasteiger partial charge in [-0.15, -0.1) is 0 Å². The average Bonchev–Trinajstić information content (AvgIpc) is 2.92. The Morgan fingerprint density at radius 3 is 1.54 bits per heavy atom. The van der Waals surface area contributed by atoms with Crippen molar-refractivity contribution in [2.45, 2.75) is 27.1 Å². The largest absolute Gasteiger partial charge is 0.494 e. The first-order valence-corrected chi connectivity index (χ1v) is 13.9. The Balaban J connectivity index is 0.000000215. The highest BCUT2D eigenvalue weighted by atomic mass is 79.9. The van der Waals surface area contributed by atoms with Gasteiger partial charge < -0.3 is 19.3 Å². The topological polar surface area (TPSA) is 73.7 Å². The van der Waals surface area contributed by atoms with Crippen LogP contribution in [-0.4, -0.2) is 28.3 Å². The van der Waals surface area contributed by atoms with Gasteiger partial charge in [0.15, 0.2) is 0 Å². The Bertz CT molecular complexity index is 1120. The molecule has 0 spiro atoms. The molecule has 0 saturated carbocycles. The van der Waals surface area contributed by atoms with Crippen LogP contribution in [0, 0.1) is 0 Å². The van der Waals surface area contributed by atoms with Gasteiger partial charge in [-0.3, -0.25) is 0 Å². The van der Waals surface area contributed by atoms with Gasteiger partial charge >= 0.3 is 0 Å². The molecule has 0 saturated heterocycles. The van der Waals surface area contributed by atoms with Crippen LogP contribution in [0.5, 0.6) is 17.4 Å². The van der Waals surface area contributed by atoms with Crippen molar-refractivity contribution < 1.29 is 19.3 Å². The maximum Gasteiger partial charge on any atom is 0.213 e. The van der Waals surface area contributed by atoms with E-state index in [0.717, 1.165) is 36.2 Å². The molecule has 0 bridgehead atoms. The number of benzene rings is 2. The molecule has 0 atom stereocenters. The lowest BCUT2D eigenvalue weighted by Gasteiger charge is -2.07. The van der Waals surface area contributed by atoms with Crippen LogP contribution in [0.2, 0.25) is 0 Å². The van der Waals surface area contributed by atoms with Crippen molar-refractivity contribution in [2.75, 3.05) is 13.2 Å². The van der Waals surface area contributed by atoms with Crippen molar-refractivity contribution in [3.8, 4) is 17.4 Å². The Morgan fingerprint density at radius 2 is 1.14 bits per heavy atom. The Kier molecular flexibility index (Phi) is 14.9. The van der Waals surface area contributed by atoms with Crippen LogP contribution in [0.1, 0.15) is 25.0 Å². The summed E-state index contributed by atoms with van der Waals surface area (Å²) in [4.78, 5) is 8.10. The molecular formula is C28H29Br3N2O4. The molecule has 0 aliphatic rings. The van der Waals surface area contributed by atoms with Gasteiger partial charge in [0.2, 0.25) is 5.88 Å². The lowest BCUT2D eigenvalue weighted by Crippen LogP contribution is -1.97. The van der Waals surface area contributed by atoms with Crippen LogP contribution in [-0.2, 0) is 13.2 Å². The maximum atomic E-state index is 8.72. The van der Waals surface area contributed by atoms with Gasteiger partial charge in [0, 0.05) is 27.4 Å². The fourth-order valence-corrected chi connectivity index (χ4v) is 3.37. The number of ether oxygens (including phenoxy) is 3. The number of aliphatic hydroxyl groups excluding tert-OH is 1. The second-order valence-electron chi connectivity index (χ2n) is 7.21. The number of aliphatic hydroxyl groups is 1. The van der Waals surface area contributed by atoms with Gasteiger partial charge in [-0.1, -0.05) is 24.3 Å². The first kappa shape index (κ1) is 30.8. The number of rotatable bonds is 8. The summed E-state index contributed by atoms with van der Waals surface area (Å²) in [7, 11) is 0. The van der Waals surface area contributed by atoms with Crippen LogP contribution in [0.4, 0.5) is 0 Å². The molecule has 6 nitrogen and oxygen atoms in total. The predicted octanol–water partition coefficient (Wildman–Crippen LogP) is 8.01. The fourth-order valence-electron chi connectivity index (χ4n) is 2.67. The van der Waals surface area contributed by atoms with Gasteiger partial charge in [0.1, 0.15) is 22.7 Å². The van der Waals surface area contributed by atoms with E-state index < -0.39 is 0 Å². The summed E-state index contributed by atoms with van der Waals surface area (Å²) < 4.78 is 19.0. The van der Waals surface area contributed by atoms with E-state index in [9.17, 15) is 0 Å². The number of nitrogens with zero attached hydrogens (tertiary/aromatic N) is 2. The second-order valence-corrected chi connectivity index (χ2v) is 9.86. The summed E-state index contributed by atoms with van der Waals surface area (Å²) in [5.74, 6) is 2.35. The Hall–Kier alpha value is -2.46. The number of hydrogen-bond donors (Lipinski definition) is 1. The van der Waals surface area contributed by atoms with Crippen LogP contribution in [0.15, 0.2) is 98.7 Å². The van der Waals surface area contributed by atoms with Crippen LogP contribution in [0.25, 0.3) is 0 Å². The monoisotopic (exact) mass is 694 g/mol. The van der Waals surface area contributed by atoms with Gasteiger partial charge in [-0.05, 0) is 115 Å².